The number of allylic oxidation sites excluding steroid dienone is 1. The van der Waals surface area contributed by atoms with Gasteiger partial charge in [-0.3, -0.25) is 58.6 Å². The maximum atomic E-state index is 15.2. The Morgan fingerprint density at radius 2 is 1.30 bits per heavy atom. The molecule has 4 aliphatic rings. The number of carbonyl (C=O) groups is 8. The van der Waals surface area contributed by atoms with Crippen molar-refractivity contribution in [2.75, 3.05) is 6.54 Å². The quantitative estimate of drug-likeness (QED) is 0.0418. The molecule has 430 valence electrons. The molecule has 2 saturated carbocycles. The van der Waals surface area contributed by atoms with Crippen LogP contribution in [0.15, 0.2) is 84.9 Å². The van der Waals surface area contributed by atoms with E-state index in [-0.39, 0.29) is 49.7 Å². The first kappa shape index (κ1) is 59.8. The van der Waals surface area contributed by atoms with E-state index in [1.165, 1.54) is 24.0 Å². The summed E-state index contributed by atoms with van der Waals surface area (Å²) in [6.07, 6.45) is 3.67. The van der Waals surface area contributed by atoms with E-state index in [4.69, 9.17) is 11.6 Å². The van der Waals surface area contributed by atoms with Gasteiger partial charge in [-0.15, -0.1) is 0 Å². The number of nitro groups is 2. The van der Waals surface area contributed by atoms with E-state index in [1.807, 2.05) is 13.0 Å². The molecule has 3 heterocycles. The second kappa shape index (κ2) is 25.9. The molecule has 24 nitrogen and oxygen atoms in total. The average Bonchev–Trinajstić information content (AvgIpc) is 4.33. The van der Waals surface area contributed by atoms with Crippen molar-refractivity contribution in [2.24, 2.45) is 23.7 Å². The zero-order valence-corrected chi connectivity index (χ0v) is 46.0. The number of carbonyl (C=O) groups excluding carboxylic acids is 8. The Balaban J connectivity index is 1.33. The predicted octanol–water partition coefficient (Wildman–Crippen LogP) is 2.98. The molecular weight excluding hydrogens is 1060 g/mol. The molecule has 3 aromatic rings. The molecule has 0 spiro atoms. The van der Waals surface area contributed by atoms with Gasteiger partial charge in [0.25, 0.3) is 5.91 Å². The van der Waals surface area contributed by atoms with E-state index < -0.39 is 153 Å². The predicted molar refractivity (Wildman–Crippen MR) is 290 cm³/mol. The van der Waals surface area contributed by atoms with Gasteiger partial charge in [0.15, 0.2) is 0 Å². The van der Waals surface area contributed by atoms with Gasteiger partial charge < -0.3 is 47.3 Å². The summed E-state index contributed by atoms with van der Waals surface area (Å²) in [6, 6.07) is 5.75. The van der Waals surface area contributed by atoms with Crippen LogP contribution in [-0.2, 0) is 33.6 Å². The number of benzene rings is 2. The fourth-order valence-electron chi connectivity index (χ4n) is 10.8. The number of hydrogen-bond acceptors (Lipinski definition) is 13. The Kier molecular flexibility index (Phi) is 19.4. The van der Waals surface area contributed by atoms with Gasteiger partial charge >= 0.3 is 0 Å². The number of halogens is 1. The summed E-state index contributed by atoms with van der Waals surface area (Å²) in [6.45, 7) is 10.1. The maximum absolute atomic E-state index is 15.2. The van der Waals surface area contributed by atoms with Crippen molar-refractivity contribution in [1.29, 1.82) is 0 Å². The molecular formula is C55H70ClN11O13. The third-order valence-corrected chi connectivity index (χ3v) is 16.4. The van der Waals surface area contributed by atoms with Gasteiger partial charge in [0, 0.05) is 52.9 Å². The molecule has 1 unspecified atom stereocenters. The first-order chi connectivity index (χ1) is 38.0. The van der Waals surface area contributed by atoms with Crippen LogP contribution in [0, 0.1) is 43.9 Å². The molecule has 7 rings (SSSR count). The lowest BCUT2D eigenvalue weighted by molar-refractivity contribution is -0.498. The van der Waals surface area contributed by atoms with Crippen LogP contribution in [0.25, 0.3) is 0 Å². The zero-order valence-electron chi connectivity index (χ0n) is 45.3. The number of fused-ring (bicyclic) bond motifs is 1. The minimum atomic E-state index is -1.82. The van der Waals surface area contributed by atoms with Crippen molar-refractivity contribution in [3.63, 3.8) is 0 Å². The van der Waals surface area contributed by atoms with Crippen molar-refractivity contribution >= 4 is 58.9 Å². The molecule has 2 aliphatic carbocycles. The van der Waals surface area contributed by atoms with Gasteiger partial charge in [-0.2, -0.15) is 4.73 Å². The number of hydrogen-bond donors (Lipinski definition) is 8. The van der Waals surface area contributed by atoms with Crippen molar-refractivity contribution in [3.05, 3.63) is 127 Å². The normalized spacial score (nSPS) is 29.1. The number of rotatable bonds is 17. The van der Waals surface area contributed by atoms with Gasteiger partial charge in [-0.1, -0.05) is 119 Å². The molecule has 2 aromatic carbocycles. The summed E-state index contributed by atoms with van der Waals surface area (Å²) in [5.74, 6) is -11.0. The van der Waals surface area contributed by atoms with E-state index in [0.29, 0.717) is 22.3 Å². The summed E-state index contributed by atoms with van der Waals surface area (Å²) < 4.78 is 0.361. The molecule has 1 aromatic heterocycles. The SMILES string of the molecule is C/C=C\[C@H]1C[C@H]2C(=O)N[C@H](C)[C@@H](NC(=O)[C@H](C[C@@H]3C[C@H]3[N+](=O)[O-])NC(=O)c3ccc(Cl)n3O)C(=O)NC([C@H](C)c3ccccc3)C(=O)N[C@H](C[C@@H]3C[C@H]3[N+](=O)[O-])C(=O)N[C@@H]([C@H](C)c3ccccc3)C(=O)N[C@@H]([C@@H](C)CC)C(=O)N2C1. The van der Waals surface area contributed by atoms with Crippen molar-refractivity contribution in [3.8, 4) is 0 Å². The molecule has 25 heteroatoms. The van der Waals surface area contributed by atoms with E-state index in [9.17, 15) is 49.4 Å². The summed E-state index contributed by atoms with van der Waals surface area (Å²) in [5.41, 5.74) is 0.758. The van der Waals surface area contributed by atoms with Crippen molar-refractivity contribution in [2.45, 2.75) is 152 Å². The molecule has 0 bridgehead atoms. The highest BCUT2D eigenvalue weighted by Crippen LogP contribution is 2.38. The molecule has 8 amide bonds. The lowest BCUT2D eigenvalue weighted by Crippen LogP contribution is -2.64. The Bertz CT molecular complexity index is 2850. The number of nitrogens with zero attached hydrogens (tertiary/aromatic N) is 4. The van der Waals surface area contributed by atoms with E-state index in [1.54, 1.807) is 94.4 Å². The first-order valence-electron chi connectivity index (χ1n) is 27.0. The van der Waals surface area contributed by atoms with E-state index >= 15 is 14.4 Å². The largest absolute Gasteiger partial charge is 0.427 e. The summed E-state index contributed by atoms with van der Waals surface area (Å²) in [4.78, 5) is 143. The summed E-state index contributed by atoms with van der Waals surface area (Å²) >= 11 is 5.99. The topological polar surface area (TPSA) is 335 Å². The number of amides is 8. The minimum Gasteiger partial charge on any atom is -0.427 e. The fraction of sp³-hybridized carbons (Fsp3) is 0.527. The maximum Gasteiger partial charge on any atom is 0.272 e. The van der Waals surface area contributed by atoms with Crippen LogP contribution in [0.4, 0.5) is 0 Å². The summed E-state index contributed by atoms with van der Waals surface area (Å²) in [7, 11) is 0. The summed E-state index contributed by atoms with van der Waals surface area (Å²) in [5, 5.41) is 53.1. The van der Waals surface area contributed by atoms with Gasteiger partial charge in [0.2, 0.25) is 53.4 Å². The smallest absolute Gasteiger partial charge is 0.272 e. The van der Waals surface area contributed by atoms with Crippen LogP contribution in [0.3, 0.4) is 0 Å². The van der Waals surface area contributed by atoms with Crippen LogP contribution in [0.1, 0.15) is 114 Å². The van der Waals surface area contributed by atoms with Crippen LogP contribution in [-0.4, -0.2) is 139 Å². The molecule has 80 heavy (non-hydrogen) atoms. The standard InChI is InChI=1S/C55H70ClN11O13/c1-7-15-32-22-42-51(71)57-31(6)47(63-49(69)37(23-35-25-40(35)66(77)78)58-50(70)39-20-21-43(56)65(39)76)54(74)62-45(29(4)33-16-11-9-12-17-33)52(72)59-38(24-36-26-41(36)67(79)80)48(68)61-46(30(5)34-18-13-10-14-19-34)53(73)60-44(28(3)8-2)55(75)64(42)27-32/h7,9-21,28-32,35-38,40-42,44-47,76H,8,22-27H2,1-6H3,(H,57,71)(H,58,70)(H,59,72)(H,60,73)(H,61,68)(H,62,74)(H,63,69)/b15-7-/t28-,29+,30+,31+,32-,35+,36+,37-,38+,40+,41+,42-,44-,45?,46-,47+/m0/s1. The number of aromatic nitrogens is 1. The van der Waals surface area contributed by atoms with Gasteiger partial charge in [-0.05, 0) is 68.2 Å². The third-order valence-electron chi connectivity index (χ3n) is 16.1. The molecule has 2 aliphatic heterocycles. The van der Waals surface area contributed by atoms with Gasteiger partial charge in [-0.25, -0.2) is 0 Å². The monoisotopic (exact) mass is 1130 g/mol. The second-order valence-corrected chi connectivity index (χ2v) is 22.1. The highest BCUT2D eigenvalue weighted by Gasteiger charge is 2.52. The van der Waals surface area contributed by atoms with Crippen LogP contribution >= 0.6 is 11.6 Å². The Morgan fingerprint density at radius 1 is 0.750 bits per heavy atom. The molecule has 8 N–H and O–H groups in total. The Labute approximate surface area is 467 Å². The van der Waals surface area contributed by atoms with E-state index in [0.717, 1.165) is 0 Å². The first-order valence-corrected chi connectivity index (χ1v) is 27.4. The van der Waals surface area contributed by atoms with Crippen molar-refractivity contribution < 1.29 is 53.4 Å². The minimum absolute atomic E-state index is 0.0383. The van der Waals surface area contributed by atoms with Crippen LogP contribution in [0.5, 0.6) is 0 Å². The second-order valence-electron chi connectivity index (χ2n) is 21.7. The van der Waals surface area contributed by atoms with E-state index in [2.05, 4.69) is 37.2 Å². The Morgan fingerprint density at radius 3 is 1.82 bits per heavy atom. The van der Waals surface area contributed by atoms with Gasteiger partial charge in [0.05, 0.1) is 6.04 Å². The Hall–Kier alpha value is -7.89. The molecule has 16 atom stereocenters. The molecule has 0 radical (unpaired) electrons. The average molecular weight is 1130 g/mol. The van der Waals surface area contributed by atoms with Crippen LogP contribution in [0.2, 0.25) is 5.15 Å². The lowest BCUT2D eigenvalue weighted by atomic mass is 9.90. The molecule has 2 saturated heterocycles. The highest BCUT2D eigenvalue weighted by atomic mass is 35.5. The lowest BCUT2D eigenvalue weighted by Gasteiger charge is -2.34. The number of nitrogens with one attached hydrogen (secondary N) is 7. The van der Waals surface area contributed by atoms with Gasteiger partial charge in [0.1, 0.15) is 53.1 Å². The third kappa shape index (κ3) is 14.1. The van der Waals surface area contributed by atoms with Crippen molar-refractivity contribution in [1.82, 2.24) is 46.8 Å². The van der Waals surface area contributed by atoms with Crippen LogP contribution < -0.4 is 37.2 Å². The zero-order chi connectivity index (χ0) is 58.3. The fourth-order valence-corrected chi connectivity index (χ4v) is 11.0. The molecule has 4 fully saturated rings. The highest BCUT2D eigenvalue weighted by molar-refractivity contribution is 6.30.